The van der Waals surface area contributed by atoms with Crippen LogP contribution in [0.25, 0.3) is 0 Å². The van der Waals surface area contributed by atoms with E-state index in [1.54, 1.807) is 6.07 Å². The summed E-state index contributed by atoms with van der Waals surface area (Å²) in [7, 11) is 3.81. The van der Waals surface area contributed by atoms with Crippen molar-refractivity contribution in [3.05, 3.63) is 29.6 Å². The Bertz CT molecular complexity index is 347. The lowest BCUT2D eigenvalue weighted by molar-refractivity contribution is 0.218. The fourth-order valence-electron chi connectivity index (χ4n) is 1.53. The Morgan fingerprint density at radius 2 is 1.93 bits per heavy atom. The molecule has 3 heteroatoms. The van der Waals surface area contributed by atoms with Gasteiger partial charge in [0, 0.05) is 25.2 Å². The molecule has 0 bridgehead atoms. The molecule has 0 aliphatic carbocycles. The molecule has 0 fully saturated rings. The number of benzene rings is 1. The summed E-state index contributed by atoms with van der Waals surface area (Å²) in [4.78, 5) is 1.92. The third-order valence-corrected chi connectivity index (χ3v) is 2.56. The number of aliphatic hydroxyl groups is 1. The Labute approximate surface area is 90.3 Å². The summed E-state index contributed by atoms with van der Waals surface area (Å²) >= 11 is 0. The number of aliphatic hydroxyl groups excluding tert-OH is 1. The Morgan fingerprint density at radius 3 is 2.40 bits per heavy atom. The molecule has 0 atom stereocenters. The zero-order chi connectivity index (χ0) is 11.6. The summed E-state index contributed by atoms with van der Waals surface area (Å²) in [5.41, 5.74) is 1.34. The van der Waals surface area contributed by atoms with E-state index in [9.17, 15) is 9.50 Å². The highest BCUT2D eigenvalue weighted by molar-refractivity contribution is 5.55. The summed E-state index contributed by atoms with van der Waals surface area (Å²) in [5.74, 6) is -0.267. The van der Waals surface area contributed by atoms with E-state index < -0.39 is 5.41 Å². The summed E-state index contributed by atoms with van der Waals surface area (Å²) in [6.45, 7) is 3.79. The van der Waals surface area contributed by atoms with E-state index in [1.807, 2.05) is 32.8 Å². The molecule has 0 saturated heterocycles. The highest BCUT2D eigenvalue weighted by Crippen LogP contribution is 2.31. The van der Waals surface area contributed by atoms with E-state index >= 15 is 0 Å². The molecule has 0 radical (unpaired) electrons. The average molecular weight is 211 g/mol. The first kappa shape index (κ1) is 12.0. The van der Waals surface area contributed by atoms with Gasteiger partial charge in [0.15, 0.2) is 0 Å². The van der Waals surface area contributed by atoms with Crippen LogP contribution >= 0.6 is 0 Å². The highest BCUT2D eigenvalue weighted by atomic mass is 19.1. The Kier molecular flexibility index (Phi) is 3.35. The van der Waals surface area contributed by atoms with Gasteiger partial charge in [0.05, 0.1) is 6.61 Å². The molecule has 15 heavy (non-hydrogen) atoms. The van der Waals surface area contributed by atoms with Crippen LogP contribution in [-0.2, 0) is 5.41 Å². The molecule has 0 aliphatic heterocycles. The minimum atomic E-state index is -0.429. The van der Waals surface area contributed by atoms with E-state index in [-0.39, 0.29) is 12.4 Å². The van der Waals surface area contributed by atoms with Crippen LogP contribution in [0.15, 0.2) is 18.2 Å². The maximum atomic E-state index is 13.2. The van der Waals surface area contributed by atoms with Gasteiger partial charge in [-0.3, -0.25) is 0 Å². The zero-order valence-electron chi connectivity index (χ0n) is 9.71. The topological polar surface area (TPSA) is 23.5 Å². The highest BCUT2D eigenvalue weighted by Gasteiger charge is 2.24. The normalized spacial score (nSPS) is 11.6. The molecule has 0 aromatic heterocycles. The van der Waals surface area contributed by atoms with Crippen LogP contribution in [0.5, 0.6) is 0 Å². The SMILES string of the molecule is CN(C)c1ccc(F)cc1C(C)(C)CO. The number of halogens is 1. The van der Waals surface area contributed by atoms with Gasteiger partial charge in [-0.1, -0.05) is 13.8 Å². The Hall–Kier alpha value is -1.09. The molecule has 1 aromatic rings. The van der Waals surface area contributed by atoms with Crippen LogP contribution in [0.1, 0.15) is 19.4 Å². The standard InChI is InChI=1S/C12H18FNO/c1-12(2,8-15)10-7-9(13)5-6-11(10)14(3)4/h5-7,15H,8H2,1-4H3. The van der Waals surface area contributed by atoms with Crippen LogP contribution in [0.4, 0.5) is 10.1 Å². The van der Waals surface area contributed by atoms with E-state index in [0.717, 1.165) is 11.3 Å². The minimum Gasteiger partial charge on any atom is -0.395 e. The van der Waals surface area contributed by atoms with Gasteiger partial charge in [0.2, 0.25) is 0 Å². The lowest BCUT2D eigenvalue weighted by atomic mass is 9.84. The number of hydrogen-bond acceptors (Lipinski definition) is 2. The summed E-state index contributed by atoms with van der Waals surface area (Å²) in [5, 5.41) is 9.30. The monoisotopic (exact) mass is 211 g/mol. The van der Waals surface area contributed by atoms with Gasteiger partial charge in [0.25, 0.3) is 0 Å². The van der Waals surface area contributed by atoms with Gasteiger partial charge < -0.3 is 10.0 Å². The van der Waals surface area contributed by atoms with Crippen LogP contribution in [0.3, 0.4) is 0 Å². The van der Waals surface area contributed by atoms with Crippen LogP contribution in [-0.4, -0.2) is 25.8 Å². The molecule has 0 unspecified atom stereocenters. The number of rotatable bonds is 3. The number of nitrogens with zero attached hydrogens (tertiary/aromatic N) is 1. The van der Waals surface area contributed by atoms with Crippen molar-refractivity contribution in [2.75, 3.05) is 25.6 Å². The summed E-state index contributed by atoms with van der Waals surface area (Å²) in [6, 6.07) is 4.67. The van der Waals surface area contributed by atoms with Crippen molar-refractivity contribution in [3.63, 3.8) is 0 Å². The molecule has 1 aromatic carbocycles. The van der Waals surface area contributed by atoms with Crippen molar-refractivity contribution in [3.8, 4) is 0 Å². The van der Waals surface area contributed by atoms with Crippen molar-refractivity contribution in [2.24, 2.45) is 0 Å². The smallest absolute Gasteiger partial charge is 0.123 e. The quantitative estimate of drug-likeness (QED) is 0.828. The van der Waals surface area contributed by atoms with Crippen molar-refractivity contribution in [2.45, 2.75) is 19.3 Å². The van der Waals surface area contributed by atoms with E-state index in [2.05, 4.69) is 0 Å². The predicted molar refractivity (Wildman–Crippen MR) is 60.8 cm³/mol. The summed E-state index contributed by atoms with van der Waals surface area (Å²) < 4.78 is 13.2. The largest absolute Gasteiger partial charge is 0.395 e. The van der Waals surface area contributed by atoms with Crippen molar-refractivity contribution < 1.29 is 9.50 Å². The van der Waals surface area contributed by atoms with Gasteiger partial charge in [-0.2, -0.15) is 0 Å². The molecule has 84 valence electrons. The molecule has 0 heterocycles. The molecule has 0 spiro atoms. The maximum absolute atomic E-state index is 13.2. The van der Waals surface area contributed by atoms with Gasteiger partial charge in [-0.25, -0.2) is 4.39 Å². The third-order valence-electron chi connectivity index (χ3n) is 2.56. The van der Waals surface area contributed by atoms with Gasteiger partial charge >= 0.3 is 0 Å². The Morgan fingerprint density at radius 1 is 1.33 bits per heavy atom. The second kappa shape index (κ2) is 4.19. The fraction of sp³-hybridized carbons (Fsp3) is 0.500. The molecule has 0 amide bonds. The molecule has 0 saturated carbocycles. The van der Waals surface area contributed by atoms with E-state index in [1.165, 1.54) is 12.1 Å². The molecule has 0 aliphatic rings. The minimum absolute atomic E-state index is 0.00269. The second-order valence-corrected chi connectivity index (χ2v) is 4.60. The van der Waals surface area contributed by atoms with E-state index in [4.69, 9.17) is 0 Å². The van der Waals surface area contributed by atoms with Crippen LogP contribution in [0, 0.1) is 5.82 Å². The molecule has 1 rings (SSSR count). The maximum Gasteiger partial charge on any atom is 0.123 e. The number of anilines is 1. The lowest BCUT2D eigenvalue weighted by Gasteiger charge is -2.28. The van der Waals surface area contributed by atoms with E-state index in [0.29, 0.717) is 0 Å². The molecule has 2 nitrogen and oxygen atoms in total. The first-order valence-electron chi connectivity index (χ1n) is 4.96. The molecular formula is C12H18FNO. The fourth-order valence-corrected chi connectivity index (χ4v) is 1.53. The first-order valence-corrected chi connectivity index (χ1v) is 4.96. The van der Waals surface area contributed by atoms with Gasteiger partial charge in [0.1, 0.15) is 5.82 Å². The third kappa shape index (κ3) is 2.48. The molecular weight excluding hydrogens is 193 g/mol. The average Bonchev–Trinajstić information content (AvgIpc) is 2.17. The Balaban J connectivity index is 3.30. The first-order chi connectivity index (χ1) is 6.88. The lowest BCUT2D eigenvalue weighted by Crippen LogP contribution is -2.26. The predicted octanol–water partition coefficient (Wildman–Crippen LogP) is 2.16. The van der Waals surface area contributed by atoms with Gasteiger partial charge in [-0.05, 0) is 23.8 Å². The zero-order valence-corrected chi connectivity index (χ0v) is 9.71. The second-order valence-electron chi connectivity index (χ2n) is 4.60. The van der Waals surface area contributed by atoms with Gasteiger partial charge in [-0.15, -0.1) is 0 Å². The van der Waals surface area contributed by atoms with Crippen LogP contribution < -0.4 is 4.90 Å². The molecule has 1 N–H and O–H groups in total. The van der Waals surface area contributed by atoms with Crippen molar-refractivity contribution in [1.82, 2.24) is 0 Å². The van der Waals surface area contributed by atoms with Crippen molar-refractivity contribution in [1.29, 1.82) is 0 Å². The number of hydrogen-bond donors (Lipinski definition) is 1. The van der Waals surface area contributed by atoms with Crippen LogP contribution in [0.2, 0.25) is 0 Å². The van der Waals surface area contributed by atoms with Crippen molar-refractivity contribution >= 4 is 5.69 Å². The summed E-state index contributed by atoms with van der Waals surface area (Å²) in [6.07, 6.45) is 0.